The largest absolute Gasteiger partial charge is 0.481 e. The molecule has 6 heteroatoms. The molecule has 1 unspecified atom stereocenters. The number of carboxylic acids is 1. The standard InChI is InChI=1S/C14H18N2O4/c1-8-11(20-12(15-8)9-4-5-9)13(17)16-6-2-3-10(7-16)14(18)19/h9-10H,2-7H2,1H3,(H,18,19). The van der Waals surface area contributed by atoms with Gasteiger partial charge in [0.05, 0.1) is 11.6 Å². The summed E-state index contributed by atoms with van der Waals surface area (Å²) in [7, 11) is 0. The summed E-state index contributed by atoms with van der Waals surface area (Å²) >= 11 is 0. The quantitative estimate of drug-likeness (QED) is 0.911. The van der Waals surface area contributed by atoms with Gasteiger partial charge in [0.25, 0.3) is 5.91 Å². The summed E-state index contributed by atoms with van der Waals surface area (Å²) in [6.45, 7) is 2.61. The van der Waals surface area contributed by atoms with E-state index in [1.54, 1.807) is 11.8 Å². The first-order valence-electron chi connectivity index (χ1n) is 7.05. The molecule has 0 spiro atoms. The predicted molar refractivity (Wildman–Crippen MR) is 69.5 cm³/mol. The lowest BCUT2D eigenvalue weighted by Crippen LogP contribution is -2.42. The van der Waals surface area contributed by atoms with Crippen LogP contribution in [0.5, 0.6) is 0 Å². The Morgan fingerprint density at radius 3 is 2.75 bits per heavy atom. The van der Waals surface area contributed by atoms with Crippen LogP contribution < -0.4 is 0 Å². The molecule has 0 bridgehead atoms. The fourth-order valence-corrected chi connectivity index (χ4v) is 2.63. The highest BCUT2D eigenvalue weighted by Crippen LogP contribution is 2.40. The number of carbonyl (C=O) groups is 2. The van der Waals surface area contributed by atoms with Gasteiger partial charge < -0.3 is 14.4 Å². The highest BCUT2D eigenvalue weighted by atomic mass is 16.4. The molecular formula is C14H18N2O4. The molecule has 1 saturated carbocycles. The number of hydrogen-bond donors (Lipinski definition) is 1. The number of hydrogen-bond acceptors (Lipinski definition) is 4. The predicted octanol–water partition coefficient (Wildman–Crippen LogP) is 1.80. The maximum atomic E-state index is 12.4. The van der Waals surface area contributed by atoms with Crippen molar-refractivity contribution in [2.75, 3.05) is 13.1 Å². The van der Waals surface area contributed by atoms with E-state index in [0.29, 0.717) is 36.9 Å². The number of nitrogens with zero attached hydrogens (tertiary/aromatic N) is 2. The van der Waals surface area contributed by atoms with E-state index in [1.165, 1.54) is 0 Å². The van der Waals surface area contributed by atoms with Crippen LogP contribution in [0.25, 0.3) is 0 Å². The Morgan fingerprint density at radius 1 is 1.35 bits per heavy atom. The van der Waals surface area contributed by atoms with Crippen molar-refractivity contribution in [1.82, 2.24) is 9.88 Å². The van der Waals surface area contributed by atoms with E-state index in [9.17, 15) is 9.59 Å². The number of aliphatic carboxylic acids is 1. The summed E-state index contributed by atoms with van der Waals surface area (Å²) in [6.07, 6.45) is 3.48. The smallest absolute Gasteiger partial charge is 0.308 e. The second kappa shape index (κ2) is 4.92. The van der Waals surface area contributed by atoms with Crippen molar-refractivity contribution in [3.63, 3.8) is 0 Å². The minimum Gasteiger partial charge on any atom is -0.481 e. The molecule has 1 amide bonds. The number of oxazole rings is 1. The van der Waals surface area contributed by atoms with Gasteiger partial charge in [-0.2, -0.15) is 0 Å². The molecule has 1 aromatic heterocycles. The number of aryl methyl sites for hydroxylation is 1. The molecule has 6 nitrogen and oxygen atoms in total. The van der Waals surface area contributed by atoms with Crippen molar-refractivity contribution >= 4 is 11.9 Å². The molecule has 1 aromatic rings. The van der Waals surface area contributed by atoms with Crippen LogP contribution in [0.2, 0.25) is 0 Å². The van der Waals surface area contributed by atoms with Gasteiger partial charge in [-0.1, -0.05) is 0 Å². The molecule has 0 radical (unpaired) electrons. The topological polar surface area (TPSA) is 83.6 Å². The van der Waals surface area contributed by atoms with Gasteiger partial charge in [-0.05, 0) is 32.6 Å². The summed E-state index contributed by atoms with van der Waals surface area (Å²) in [4.78, 5) is 29.4. The van der Waals surface area contributed by atoms with Gasteiger partial charge in [0.15, 0.2) is 5.89 Å². The second-order valence-corrected chi connectivity index (χ2v) is 5.67. The van der Waals surface area contributed by atoms with Crippen LogP contribution in [0.3, 0.4) is 0 Å². The van der Waals surface area contributed by atoms with Crippen LogP contribution in [0.4, 0.5) is 0 Å². The molecule has 108 valence electrons. The minimum atomic E-state index is -0.838. The first-order valence-corrected chi connectivity index (χ1v) is 7.05. The average molecular weight is 278 g/mol. The first kappa shape index (κ1) is 13.1. The van der Waals surface area contributed by atoms with Crippen molar-refractivity contribution < 1.29 is 19.1 Å². The number of amides is 1. The van der Waals surface area contributed by atoms with Crippen LogP contribution in [-0.4, -0.2) is 40.0 Å². The van der Waals surface area contributed by atoms with Crippen molar-refractivity contribution in [1.29, 1.82) is 0 Å². The molecule has 1 aliphatic carbocycles. The molecule has 2 fully saturated rings. The van der Waals surface area contributed by atoms with Crippen molar-refractivity contribution in [2.24, 2.45) is 5.92 Å². The normalized spacial score (nSPS) is 22.9. The monoisotopic (exact) mass is 278 g/mol. The van der Waals surface area contributed by atoms with Crippen LogP contribution in [0.1, 0.15) is 53.7 Å². The van der Waals surface area contributed by atoms with Crippen molar-refractivity contribution in [2.45, 2.75) is 38.5 Å². The van der Waals surface area contributed by atoms with Gasteiger partial charge in [-0.25, -0.2) is 4.98 Å². The summed E-state index contributed by atoms with van der Waals surface area (Å²) in [6, 6.07) is 0. The number of carboxylic acid groups (broad SMARTS) is 1. The minimum absolute atomic E-state index is 0.229. The molecule has 2 aliphatic rings. The third-order valence-electron chi connectivity index (χ3n) is 3.99. The Balaban J connectivity index is 1.76. The summed E-state index contributed by atoms with van der Waals surface area (Å²) in [5.41, 5.74) is 0.606. The first-order chi connectivity index (χ1) is 9.56. The maximum Gasteiger partial charge on any atom is 0.308 e. The Labute approximate surface area is 116 Å². The van der Waals surface area contributed by atoms with Crippen LogP contribution in [0.15, 0.2) is 4.42 Å². The Hall–Kier alpha value is -1.85. The Kier molecular flexibility index (Phi) is 3.23. The van der Waals surface area contributed by atoms with E-state index >= 15 is 0 Å². The molecule has 3 rings (SSSR count). The summed E-state index contributed by atoms with van der Waals surface area (Å²) in [5.74, 6) is -0.249. The zero-order valence-corrected chi connectivity index (χ0v) is 11.5. The number of piperidine rings is 1. The van der Waals surface area contributed by atoms with E-state index in [-0.39, 0.29) is 18.2 Å². The van der Waals surface area contributed by atoms with Gasteiger partial charge in [-0.3, -0.25) is 9.59 Å². The van der Waals surface area contributed by atoms with Gasteiger partial charge in [0.2, 0.25) is 5.76 Å². The van der Waals surface area contributed by atoms with Crippen LogP contribution in [0, 0.1) is 12.8 Å². The molecule has 20 heavy (non-hydrogen) atoms. The van der Waals surface area contributed by atoms with E-state index < -0.39 is 11.9 Å². The Bertz CT molecular complexity index is 547. The molecule has 1 N–H and O–H groups in total. The number of likely N-dealkylation sites (tertiary alicyclic amines) is 1. The van der Waals surface area contributed by atoms with E-state index in [2.05, 4.69) is 4.98 Å². The van der Waals surface area contributed by atoms with Gasteiger partial charge in [0, 0.05) is 19.0 Å². The lowest BCUT2D eigenvalue weighted by Gasteiger charge is -2.30. The maximum absolute atomic E-state index is 12.4. The zero-order chi connectivity index (χ0) is 14.3. The lowest BCUT2D eigenvalue weighted by molar-refractivity contribution is -0.143. The highest BCUT2D eigenvalue weighted by Gasteiger charge is 2.34. The lowest BCUT2D eigenvalue weighted by atomic mass is 9.98. The zero-order valence-electron chi connectivity index (χ0n) is 11.5. The molecule has 2 heterocycles. The van der Waals surface area contributed by atoms with Crippen molar-refractivity contribution in [3.8, 4) is 0 Å². The third kappa shape index (κ3) is 2.42. The van der Waals surface area contributed by atoms with E-state index in [1.807, 2.05) is 0 Å². The van der Waals surface area contributed by atoms with Gasteiger partial charge in [-0.15, -0.1) is 0 Å². The second-order valence-electron chi connectivity index (χ2n) is 5.67. The molecule has 1 atom stereocenters. The fraction of sp³-hybridized carbons (Fsp3) is 0.643. The summed E-state index contributed by atoms with van der Waals surface area (Å²) in [5, 5.41) is 9.07. The number of rotatable bonds is 3. The number of carbonyl (C=O) groups excluding carboxylic acids is 1. The SMILES string of the molecule is Cc1nc(C2CC2)oc1C(=O)N1CCCC(C(=O)O)C1. The molecule has 0 aromatic carbocycles. The molecule has 1 saturated heterocycles. The van der Waals surface area contributed by atoms with Crippen LogP contribution in [-0.2, 0) is 4.79 Å². The number of aromatic nitrogens is 1. The van der Waals surface area contributed by atoms with E-state index in [4.69, 9.17) is 9.52 Å². The average Bonchev–Trinajstić information content (AvgIpc) is 3.21. The van der Waals surface area contributed by atoms with E-state index in [0.717, 1.165) is 12.8 Å². The van der Waals surface area contributed by atoms with Crippen LogP contribution >= 0.6 is 0 Å². The Morgan fingerprint density at radius 2 is 2.10 bits per heavy atom. The molecular weight excluding hydrogens is 260 g/mol. The van der Waals surface area contributed by atoms with Gasteiger partial charge >= 0.3 is 5.97 Å². The summed E-state index contributed by atoms with van der Waals surface area (Å²) < 4.78 is 5.60. The van der Waals surface area contributed by atoms with Gasteiger partial charge in [0.1, 0.15) is 0 Å². The van der Waals surface area contributed by atoms with Crippen molar-refractivity contribution in [3.05, 3.63) is 17.3 Å². The highest BCUT2D eigenvalue weighted by molar-refractivity contribution is 5.92. The molecule has 1 aliphatic heterocycles. The fourth-order valence-electron chi connectivity index (χ4n) is 2.63. The third-order valence-corrected chi connectivity index (χ3v) is 3.99.